The molecule has 2 aromatic rings. The second-order valence-corrected chi connectivity index (χ2v) is 17.9. The fraction of sp³-hybridized carbons (Fsp3) is 0.517. The standard InChI is InChI=1S/C29H39F3NO4PS2/c1-4-5-6-7-8-9-10-11-18-37-27(34)21-33(28(35)29(30,31)32)22-38(36,39-25-16-12-14-23(2)19-25)40-26-17-13-15-24(3)20-26/h12-17,19-20H,4-11,18,21-22H2,1-3H3. The topological polar surface area (TPSA) is 63.7 Å². The van der Waals surface area contributed by atoms with Crippen molar-refractivity contribution in [1.82, 2.24) is 4.90 Å². The zero-order chi connectivity index (χ0) is 29.6. The minimum Gasteiger partial charge on any atom is -0.464 e. The zero-order valence-corrected chi connectivity index (χ0v) is 25.9. The van der Waals surface area contributed by atoms with Gasteiger partial charge in [0.05, 0.1) is 12.9 Å². The largest absolute Gasteiger partial charge is 0.471 e. The van der Waals surface area contributed by atoms with Crippen LogP contribution in [0.3, 0.4) is 0 Å². The molecule has 0 aliphatic rings. The van der Waals surface area contributed by atoms with E-state index < -0.39 is 36.4 Å². The first kappa shape index (κ1) is 34.3. The van der Waals surface area contributed by atoms with Crippen LogP contribution in [0.2, 0.25) is 0 Å². The number of alkyl halides is 3. The molecule has 0 heterocycles. The van der Waals surface area contributed by atoms with Crippen molar-refractivity contribution in [1.29, 1.82) is 0 Å². The number of hydrogen-bond acceptors (Lipinski definition) is 6. The maximum Gasteiger partial charge on any atom is 0.471 e. The fourth-order valence-electron chi connectivity index (χ4n) is 3.94. The van der Waals surface area contributed by atoms with Gasteiger partial charge in [0, 0.05) is 9.79 Å². The number of unbranched alkanes of at least 4 members (excludes halogenated alkanes) is 7. The van der Waals surface area contributed by atoms with Gasteiger partial charge in [-0.05, 0) is 67.3 Å². The van der Waals surface area contributed by atoms with Crippen LogP contribution in [0, 0.1) is 13.8 Å². The lowest BCUT2D eigenvalue weighted by Crippen LogP contribution is -2.44. The summed E-state index contributed by atoms with van der Waals surface area (Å²) in [4.78, 5) is 26.4. The molecule has 0 saturated carbocycles. The Morgan fingerprint density at radius 3 is 1.82 bits per heavy atom. The van der Waals surface area contributed by atoms with Crippen molar-refractivity contribution in [3.05, 3.63) is 59.7 Å². The molecule has 40 heavy (non-hydrogen) atoms. The Balaban J connectivity index is 2.12. The minimum absolute atomic E-state index is 0.0651. The Bertz CT molecular complexity index is 1090. The van der Waals surface area contributed by atoms with E-state index >= 15 is 0 Å². The first-order chi connectivity index (χ1) is 18.9. The first-order valence-electron chi connectivity index (χ1n) is 13.5. The lowest BCUT2D eigenvalue weighted by Gasteiger charge is -2.27. The molecular formula is C29H39F3NO4PS2. The smallest absolute Gasteiger partial charge is 0.464 e. The second kappa shape index (κ2) is 17.1. The highest BCUT2D eigenvalue weighted by molar-refractivity contribution is 8.90. The molecule has 0 bridgehead atoms. The van der Waals surface area contributed by atoms with Gasteiger partial charge in [-0.2, -0.15) is 13.2 Å². The molecular weight excluding hydrogens is 578 g/mol. The van der Waals surface area contributed by atoms with Gasteiger partial charge >= 0.3 is 18.1 Å². The average Bonchev–Trinajstić information content (AvgIpc) is 2.86. The number of ether oxygens (including phenoxy) is 1. The van der Waals surface area contributed by atoms with Gasteiger partial charge in [-0.15, -0.1) is 0 Å². The Morgan fingerprint density at radius 2 is 1.35 bits per heavy atom. The van der Waals surface area contributed by atoms with Crippen LogP contribution in [0.15, 0.2) is 58.3 Å². The molecule has 0 atom stereocenters. The summed E-state index contributed by atoms with van der Waals surface area (Å²) in [6, 6.07) is 14.2. The van der Waals surface area contributed by atoms with Crippen LogP contribution in [0.1, 0.15) is 69.4 Å². The van der Waals surface area contributed by atoms with Gasteiger partial charge in [0.2, 0.25) is 5.55 Å². The Kier molecular flexibility index (Phi) is 14.7. The van der Waals surface area contributed by atoms with E-state index in [0.717, 1.165) is 59.6 Å². The van der Waals surface area contributed by atoms with Crippen molar-refractivity contribution in [2.45, 2.75) is 88.1 Å². The molecule has 0 aliphatic carbocycles. The number of benzene rings is 2. The van der Waals surface area contributed by atoms with E-state index in [1.54, 1.807) is 36.4 Å². The summed E-state index contributed by atoms with van der Waals surface area (Å²) in [5, 5.41) is 0. The number of carbonyl (C=O) groups excluding carboxylic acids is 2. The highest BCUT2D eigenvalue weighted by Crippen LogP contribution is 2.73. The van der Waals surface area contributed by atoms with Gasteiger partial charge in [-0.1, -0.05) is 87.3 Å². The Labute approximate surface area is 243 Å². The SMILES string of the molecule is CCCCCCCCCCOC(=O)CN(CP(=O)(Sc1cccc(C)c1)Sc1cccc(C)c1)C(=O)C(F)(F)F. The molecule has 0 spiro atoms. The van der Waals surface area contributed by atoms with Crippen molar-refractivity contribution >= 4 is 40.2 Å². The summed E-state index contributed by atoms with van der Waals surface area (Å²) >= 11 is 1.86. The summed E-state index contributed by atoms with van der Waals surface area (Å²) in [7, 11) is 0. The number of rotatable bonds is 17. The van der Waals surface area contributed by atoms with E-state index in [9.17, 15) is 27.3 Å². The molecule has 11 heteroatoms. The highest BCUT2D eigenvalue weighted by atomic mass is 33.1. The molecule has 5 nitrogen and oxygen atoms in total. The predicted octanol–water partition coefficient (Wildman–Crippen LogP) is 9.41. The fourth-order valence-corrected chi connectivity index (χ4v) is 11.9. The summed E-state index contributed by atoms with van der Waals surface area (Å²) in [5.41, 5.74) is -1.87. The maximum absolute atomic E-state index is 14.2. The number of halogens is 3. The molecule has 2 rings (SSSR count). The summed E-state index contributed by atoms with van der Waals surface area (Å²) in [6.45, 7) is 5.00. The molecule has 222 valence electrons. The number of esters is 1. The number of hydrogen-bond donors (Lipinski definition) is 0. The number of nitrogens with zero attached hydrogens (tertiary/aromatic N) is 1. The monoisotopic (exact) mass is 617 g/mol. The van der Waals surface area contributed by atoms with Crippen molar-refractivity contribution in [3.8, 4) is 0 Å². The third-order valence-electron chi connectivity index (χ3n) is 5.92. The Hall–Kier alpha value is -1.90. The van der Waals surface area contributed by atoms with Crippen LogP contribution in [0.25, 0.3) is 0 Å². The molecule has 0 N–H and O–H groups in total. The van der Waals surface area contributed by atoms with Crippen LogP contribution >= 0.6 is 28.3 Å². The van der Waals surface area contributed by atoms with E-state index in [2.05, 4.69) is 6.92 Å². The van der Waals surface area contributed by atoms with E-state index in [0.29, 0.717) is 21.1 Å². The number of carbonyl (C=O) groups is 2. The maximum atomic E-state index is 14.2. The molecule has 0 unspecified atom stereocenters. The quantitative estimate of drug-likeness (QED) is 0.100. The molecule has 2 aromatic carbocycles. The number of amides is 1. The van der Waals surface area contributed by atoms with Crippen molar-refractivity contribution < 1.29 is 32.1 Å². The van der Waals surface area contributed by atoms with Crippen molar-refractivity contribution in [2.24, 2.45) is 0 Å². The molecule has 0 saturated heterocycles. The summed E-state index contributed by atoms with van der Waals surface area (Å²) in [5.74, 6) is -3.17. The highest BCUT2D eigenvalue weighted by Gasteiger charge is 2.45. The van der Waals surface area contributed by atoms with Crippen molar-refractivity contribution in [3.63, 3.8) is 0 Å². The molecule has 0 fully saturated rings. The van der Waals surface area contributed by atoms with E-state index in [4.69, 9.17) is 4.74 Å². The minimum atomic E-state index is -5.23. The summed E-state index contributed by atoms with van der Waals surface area (Å²) in [6.07, 6.45) is 2.28. The molecule has 0 radical (unpaired) electrons. The lowest BCUT2D eigenvalue weighted by atomic mass is 10.1. The van der Waals surface area contributed by atoms with Gasteiger partial charge in [0.1, 0.15) is 6.54 Å². The second-order valence-electron chi connectivity index (χ2n) is 9.76. The van der Waals surface area contributed by atoms with Crippen LogP contribution in [0.4, 0.5) is 13.2 Å². The number of aryl methyl sites for hydroxylation is 2. The molecule has 1 amide bonds. The lowest BCUT2D eigenvalue weighted by molar-refractivity contribution is -0.186. The average molecular weight is 618 g/mol. The predicted molar refractivity (Wildman–Crippen MR) is 158 cm³/mol. The van der Waals surface area contributed by atoms with Gasteiger partial charge in [-0.25, -0.2) is 0 Å². The molecule has 0 aliphatic heterocycles. The Morgan fingerprint density at radius 1 is 0.850 bits per heavy atom. The van der Waals surface area contributed by atoms with Crippen LogP contribution in [-0.2, 0) is 18.9 Å². The third-order valence-corrected chi connectivity index (χ3v) is 13.1. The van der Waals surface area contributed by atoms with E-state index in [1.165, 1.54) is 19.3 Å². The zero-order valence-electron chi connectivity index (χ0n) is 23.4. The summed E-state index contributed by atoms with van der Waals surface area (Å²) < 4.78 is 60.0. The van der Waals surface area contributed by atoms with Gasteiger partial charge < -0.3 is 9.64 Å². The van der Waals surface area contributed by atoms with E-state index in [-0.39, 0.29) is 6.61 Å². The molecule has 0 aromatic heterocycles. The van der Waals surface area contributed by atoms with Gasteiger partial charge in [-0.3, -0.25) is 14.2 Å². The van der Waals surface area contributed by atoms with Gasteiger partial charge in [0.25, 0.3) is 0 Å². The third kappa shape index (κ3) is 13.2. The normalized spacial score (nSPS) is 11.8. The van der Waals surface area contributed by atoms with Crippen LogP contribution < -0.4 is 0 Å². The van der Waals surface area contributed by atoms with Crippen LogP contribution in [-0.4, -0.2) is 42.4 Å². The van der Waals surface area contributed by atoms with E-state index in [1.807, 2.05) is 26.0 Å². The van der Waals surface area contributed by atoms with Crippen LogP contribution in [0.5, 0.6) is 0 Å². The van der Waals surface area contributed by atoms with Crippen molar-refractivity contribution in [2.75, 3.05) is 19.4 Å². The van der Waals surface area contributed by atoms with Gasteiger partial charge in [0.15, 0.2) is 0 Å². The first-order valence-corrected chi connectivity index (χ1v) is 18.3.